The van der Waals surface area contributed by atoms with Crippen molar-refractivity contribution in [3.63, 3.8) is 0 Å². The second-order valence-electron chi connectivity index (χ2n) is 5.44. The minimum atomic E-state index is 0.0101. The molecule has 0 unspecified atom stereocenters. The van der Waals surface area contributed by atoms with E-state index in [0.29, 0.717) is 13.2 Å². The molecule has 1 amide bonds. The molecule has 1 aliphatic rings. The third-order valence-corrected chi connectivity index (χ3v) is 3.41. The van der Waals surface area contributed by atoms with Gasteiger partial charge in [-0.1, -0.05) is 6.07 Å². The van der Waals surface area contributed by atoms with Gasteiger partial charge < -0.3 is 15.4 Å². The molecular formula is C16H24N2O2. The molecule has 4 nitrogen and oxygen atoms in total. The van der Waals surface area contributed by atoms with Crippen molar-refractivity contribution in [1.29, 1.82) is 0 Å². The molecule has 20 heavy (non-hydrogen) atoms. The topological polar surface area (TPSA) is 50.4 Å². The van der Waals surface area contributed by atoms with Crippen molar-refractivity contribution in [1.82, 2.24) is 10.6 Å². The number of ether oxygens (including phenoxy) is 1. The Bertz CT molecular complexity index is 458. The summed E-state index contributed by atoms with van der Waals surface area (Å²) in [4.78, 5) is 12.1. The van der Waals surface area contributed by atoms with Crippen LogP contribution in [0.4, 0.5) is 0 Å². The number of benzene rings is 1. The molecular weight excluding hydrogens is 252 g/mol. The summed E-state index contributed by atoms with van der Waals surface area (Å²) in [7, 11) is 0. The Morgan fingerprint density at radius 3 is 3.05 bits per heavy atom. The summed E-state index contributed by atoms with van der Waals surface area (Å²) >= 11 is 0. The minimum absolute atomic E-state index is 0.0101. The van der Waals surface area contributed by atoms with Gasteiger partial charge in [0.25, 0.3) is 5.91 Å². The normalized spacial score (nSPS) is 14.2. The van der Waals surface area contributed by atoms with Crippen LogP contribution in [-0.2, 0) is 17.7 Å². The number of carbonyl (C=O) groups excluding carboxylic acids is 1. The molecule has 0 bridgehead atoms. The highest BCUT2D eigenvalue weighted by Gasteiger charge is 2.12. The van der Waals surface area contributed by atoms with Crippen LogP contribution in [0.25, 0.3) is 0 Å². The van der Waals surface area contributed by atoms with Crippen LogP contribution in [0.2, 0.25) is 0 Å². The Morgan fingerprint density at radius 2 is 2.25 bits per heavy atom. The molecule has 1 aromatic carbocycles. The van der Waals surface area contributed by atoms with Crippen molar-refractivity contribution in [2.45, 2.75) is 39.3 Å². The molecule has 0 atom stereocenters. The molecule has 1 heterocycles. The molecule has 110 valence electrons. The smallest absolute Gasteiger partial charge is 0.251 e. The van der Waals surface area contributed by atoms with Gasteiger partial charge in [0.05, 0.1) is 6.10 Å². The van der Waals surface area contributed by atoms with Gasteiger partial charge in [-0.2, -0.15) is 0 Å². The van der Waals surface area contributed by atoms with E-state index in [1.165, 1.54) is 11.1 Å². The summed E-state index contributed by atoms with van der Waals surface area (Å²) in [5.74, 6) is 0.0101. The molecule has 1 aromatic rings. The largest absolute Gasteiger partial charge is 0.379 e. The van der Waals surface area contributed by atoms with E-state index in [1.54, 1.807) is 0 Å². The van der Waals surface area contributed by atoms with Crippen LogP contribution in [0, 0.1) is 0 Å². The van der Waals surface area contributed by atoms with Crippen LogP contribution in [-0.4, -0.2) is 31.7 Å². The number of hydrogen-bond donors (Lipinski definition) is 2. The first-order valence-electron chi connectivity index (χ1n) is 7.39. The Labute approximate surface area is 120 Å². The number of nitrogens with one attached hydrogen (secondary N) is 2. The molecule has 0 spiro atoms. The number of hydrogen-bond acceptors (Lipinski definition) is 3. The van der Waals surface area contributed by atoms with Crippen LogP contribution in [0.5, 0.6) is 0 Å². The highest BCUT2D eigenvalue weighted by atomic mass is 16.5. The minimum Gasteiger partial charge on any atom is -0.379 e. The van der Waals surface area contributed by atoms with Gasteiger partial charge in [-0.25, -0.2) is 0 Å². The molecule has 4 heteroatoms. The lowest BCUT2D eigenvalue weighted by Gasteiger charge is -2.17. The van der Waals surface area contributed by atoms with Gasteiger partial charge in [0.2, 0.25) is 0 Å². The average molecular weight is 276 g/mol. The first kappa shape index (κ1) is 15.0. The van der Waals surface area contributed by atoms with Crippen LogP contribution in [0.1, 0.15) is 41.8 Å². The lowest BCUT2D eigenvalue weighted by molar-refractivity contribution is 0.0757. The summed E-state index contributed by atoms with van der Waals surface area (Å²) in [6.45, 7) is 7.27. The first-order valence-corrected chi connectivity index (χ1v) is 7.39. The van der Waals surface area contributed by atoms with Gasteiger partial charge in [-0.05, 0) is 56.5 Å². The third kappa shape index (κ3) is 4.32. The van der Waals surface area contributed by atoms with Crippen LogP contribution < -0.4 is 10.6 Å². The number of amides is 1. The van der Waals surface area contributed by atoms with E-state index in [1.807, 2.05) is 26.0 Å². The predicted molar refractivity (Wildman–Crippen MR) is 79.9 cm³/mol. The monoisotopic (exact) mass is 276 g/mol. The highest BCUT2D eigenvalue weighted by molar-refractivity contribution is 5.94. The second-order valence-corrected chi connectivity index (χ2v) is 5.44. The van der Waals surface area contributed by atoms with Gasteiger partial charge >= 0.3 is 0 Å². The Balaban J connectivity index is 1.80. The van der Waals surface area contributed by atoms with Crippen molar-refractivity contribution in [3.8, 4) is 0 Å². The van der Waals surface area contributed by atoms with Crippen molar-refractivity contribution in [2.24, 2.45) is 0 Å². The van der Waals surface area contributed by atoms with E-state index in [-0.39, 0.29) is 12.0 Å². The molecule has 0 aliphatic carbocycles. The van der Waals surface area contributed by atoms with E-state index in [0.717, 1.165) is 31.5 Å². The Hall–Kier alpha value is -1.39. The number of rotatable bonds is 6. The van der Waals surface area contributed by atoms with Gasteiger partial charge in [-0.15, -0.1) is 0 Å². The van der Waals surface area contributed by atoms with E-state index in [4.69, 9.17) is 4.74 Å². The van der Waals surface area contributed by atoms with Crippen molar-refractivity contribution in [2.75, 3.05) is 19.7 Å². The molecule has 0 saturated carbocycles. The maximum atomic E-state index is 12.1. The van der Waals surface area contributed by atoms with E-state index < -0.39 is 0 Å². The number of carbonyl (C=O) groups is 1. The molecule has 0 saturated heterocycles. The quantitative estimate of drug-likeness (QED) is 0.780. The van der Waals surface area contributed by atoms with Gasteiger partial charge in [0.1, 0.15) is 0 Å². The van der Waals surface area contributed by atoms with Gasteiger partial charge in [-0.3, -0.25) is 4.79 Å². The summed E-state index contributed by atoms with van der Waals surface area (Å²) in [6, 6.07) is 5.99. The van der Waals surface area contributed by atoms with Crippen molar-refractivity contribution < 1.29 is 9.53 Å². The van der Waals surface area contributed by atoms with Crippen LogP contribution in [0.3, 0.4) is 0 Å². The zero-order chi connectivity index (χ0) is 14.4. The summed E-state index contributed by atoms with van der Waals surface area (Å²) in [5.41, 5.74) is 3.35. The van der Waals surface area contributed by atoms with Crippen LogP contribution in [0.15, 0.2) is 18.2 Å². The number of fused-ring (bicyclic) bond motifs is 1. The second kappa shape index (κ2) is 7.41. The molecule has 0 fully saturated rings. The fourth-order valence-electron chi connectivity index (χ4n) is 2.31. The fourth-order valence-corrected chi connectivity index (χ4v) is 2.31. The average Bonchev–Trinajstić information content (AvgIpc) is 2.46. The maximum absolute atomic E-state index is 12.1. The zero-order valence-corrected chi connectivity index (χ0v) is 12.4. The third-order valence-electron chi connectivity index (χ3n) is 3.41. The van der Waals surface area contributed by atoms with E-state index in [9.17, 15) is 4.79 Å². The van der Waals surface area contributed by atoms with Crippen molar-refractivity contribution >= 4 is 5.91 Å². The van der Waals surface area contributed by atoms with Gasteiger partial charge in [0.15, 0.2) is 0 Å². The van der Waals surface area contributed by atoms with E-state index >= 15 is 0 Å². The molecule has 0 aromatic heterocycles. The lowest BCUT2D eigenvalue weighted by Crippen LogP contribution is -2.27. The van der Waals surface area contributed by atoms with Crippen molar-refractivity contribution in [3.05, 3.63) is 34.9 Å². The highest BCUT2D eigenvalue weighted by Crippen LogP contribution is 2.15. The molecule has 2 N–H and O–H groups in total. The fraction of sp³-hybridized carbons (Fsp3) is 0.562. The predicted octanol–water partition coefficient (Wildman–Crippen LogP) is 1.88. The standard InChI is InChI=1S/C16H24N2O2/c1-12(2)20-9-3-7-18-16(19)14-4-5-15-11-17-8-6-13(15)10-14/h4-5,10,12,17H,3,6-9,11H2,1-2H3,(H,18,19). The Morgan fingerprint density at radius 1 is 1.40 bits per heavy atom. The first-order chi connectivity index (χ1) is 9.66. The maximum Gasteiger partial charge on any atom is 0.251 e. The molecule has 1 aliphatic heterocycles. The Kier molecular flexibility index (Phi) is 5.56. The summed E-state index contributed by atoms with van der Waals surface area (Å²) in [5, 5.41) is 6.28. The lowest BCUT2D eigenvalue weighted by atomic mass is 9.98. The van der Waals surface area contributed by atoms with E-state index in [2.05, 4.69) is 16.7 Å². The summed E-state index contributed by atoms with van der Waals surface area (Å²) < 4.78 is 5.45. The SMILES string of the molecule is CC(C)OCCCNC(=O)c1ccc2c(c1)CCNC2. The van der Waals surface area contributed by atoms with Crippen LogP contribution >= 0.6 is 0 Å². The van der Waals surface area contributed by atoms with Gasteiger partial charge in [0, 0.05) is 25.3 Å². The molecule has 2 rings (SSSR count). The molecule has 0 radical (unpaired) electrons. The zero-order valence-electron chi connectivity index (χ0n) is 12.4. The summed E-state index contributed by atoms with van der Waals surface area (Å²) in [6.07, 6.45) is 2.09.